The van der Waals surface area contributed by atoms with Crippen molar-refractivity contribution in [2.75, 3.05) is 4.90 Å². The van der Waals surface area contributed by atoms with Crippen LogP contribution in [0.5, 0.6) is 5.75 Å². The number of thiazole rings is 1. The van der Waals surface area contributed by atoms with Crippen LogP contribution in [0, 0.1) is 15.5 Å². The third kappa shape index (κ3) is 4.46. The number of amidine groups is 1. The van der Waals surface area contributed by atoms with Gasteiger partial charge in [0.1, 0.15) is 12.4 Å². The lowest BCUT2D eigenvalue weighted by Crippen LogP contribution is -2.27. The van der Waals surface area contributed by atoms with Crippen molar-refractivity contribution >= 4 is 62.7 Å². The van der Waals surface area contributed by atoms with E-state index in [9.17, 15) is 14.9 Å². The molecule has 156 valence electrons. The van der Waals surface area contributed by atoms with Gasteiger partial charge in [-0.3, -0.25) is 20.3 Å². The molecule has 1 amide bonds. The Labute approximate surface area is 189 Å². The molecule has 31 heavy (non-hydrogen) atoms. The number of amides is 1. The lowest BCUT2D eigenvalue weighted by atomic mass is 10.1. The maximum absolute atomic E-state index is 12.8. The van der Waals surface area contributed by atoms with Crippen LogP contribution >= 0.6 is 34.7 Å². The normalized spacial score (nSPS) is 15.0. The number of thioether (sulfide) groups is 1. The van der Waals surface area contributed by atoms with Crippen molar-refractivity contribution in [2.45, 2.75) is 6.61 Å². The van der Waals surface area contributed by atoms with Crippen molar-refractivity contribution in [3.05, 3.63) is 85.2 Å². The van der Waals surface area contributed by atoms with E-state index in [0.29, 0.717) is 21.5 Å². The number of nitrogens with zero attached hydrogens (tertiary/aromatic N) is 3. The van der Waals surface area contributed by atoms with Gasteiger partial charge >= 0.3 is 0 Å². The molecule has 2 heterocycles. The van der Waals surface area contributed by atoms with E-state index in [1.807, 2.05) is 12.1 Å². The summed E-state index contributed by atoms with van der Waals surface area (Å²) in [7, 11) is 0. The van der Waals surface area contributed by atoms with E-state index >= 15 is 0 Å². The second kappa shape index (κ2) is 8.88. The topological polar surface area (TPSA) is 109 Å². The van der Waals surface area contributed by atoms with Crippen LogP contribution in [0.15, 0.2) is 58.9 Å². The van der Waals surface area contributed by atoms with Gasteiger partial charge < -0.3 is 4.74 Å². The molecule has 1 N–H and O–H groups in total. The van der Waals surface area contributed by atoms with E-state index in [-0.39, 0.29) is 22.4 Å². The summed E-state index contributed by atoms with van der Waals surface area (Å²) < 4.78 is 5.86. The fourth-order valence-electron chi connectivity index (χ4n) is 2.79. The Morgan fingerprint density at radius 1 is 1.29 bits per heavy atom. The van der Waals surface area contributed by atoms with Crippen LogP contribution < -0.4 is 9.64 Å². The molecule has 1 saturated heterocycles. The number of hydrogen-bond acceptors (Lipinski definition) is 8. The number of halogens is 1. The zero-order chi connectivity index (χ0) is 22.0. The highest BCUT2D eigenvalue weighted by Gasteiger charge is 2.35. The Morgan fingerprint density at radius 2 is 2.10 bits per heavy atom. The molecule has 11 heteroatoms. The minimum atomic E-state index is -0.520. The van der Waals surface area contributed by atoms with Crippen molar-refractivity contribution in [1.29, 1.82) is 5.41 Å². The van der Waals surface area contributed by atoms with E-state index in [4.69, 9.17) is 21.7 Å². The van der Waals surface area contributed by atoms with Gasteiger partial charge in [0.05, 0.1) is 9.83 Å². The molecule has 0 bridgehead atoms. The Kier molecular flexibility index (Phi) is 6.03. The van der Waals surface area contributed by atoms with Gasteiger partial charge in [0, 0.05) is 39.9 Å². The summed E-state index contributed by atoms with van der Waals surface area (Å²) in [5.74, 6) is -0.0702. The first-order valence-electron chi connectivity index (χ1n) is 8.80. The van der Waals surface area contributed by atoms with E-state index < -0.39 is 10.8 Å². The van der Waals surface area contributed by atoms with Crippen LogP contribution in [0.4, 0.5) is 10.8 Å². The first-order chi connectivity index (χ1) is 14.9. The summed E-state index contributed by atoms with van der Waals surface area (Å²) in [6, 6.07) is 11.3. The van der Waals surface area contributed by atoms with Crippen molar-refractivity contribution in [3.63, 3.8) is 0 Å². The van der Waals surface area contributed by atoms with E-state index in [1.165, 1.54) is 40.5 Å². The lowest BCUT2D eigenvalue weighted by Gasteiger charge is -2.11. The average Bonchev–Trinajstić information content (AvgIpc) is 3.36. The van der Waals surface area contributed by atoms with Gasteiger partial charge in [-0.1, -0.05) is 29.8 Å². The monoisotopic (exact) mass is 472 g/mol. The highest BCUT2D eigenvalue weighted by Crippen LogP contribution is 2.38. The number of anilines is 1. The Bertz CT molecular complexity index is 1210. The quantitative estimate of drug-likeness (QED) is 0.294. The van der Waals surface area contributed by atoms with E-state index in [1.54, 1.807) is 23.7 Å². The molecule has 0 radical (unpaired) electrons. The Hall–Kier alpha value is -3.21. The summed E-state index contributed by atoms with van der Waals surface area (Å²) in [5, 5.41) is 22.0. The predicted molar refractivity (Wildman–Crippen MR) is 122 cm³/mol. The molecule has 1 aliphatic heterocycles. The van der Waals surface area contributed by atoms with Crippen LogP contribution in [0.3, 0.4) is 0 Å². The number of carbonyl (C=O) groups is 1. The maximum Gasteiger partial charge on any atom is 0.273 e. The third-order valence-corrected chi connectivity index (χ3v) is 6.28. The van der Waals surface area contributed by atoms with E-state index in [2.05, 4.69) is 4.98 Å². The molecule has 8 nitrogen and oxygen atoms in total. The molecule has 3 aromatic rings. The summed E-state index contributed by atoms with van der Waals surface area (Å²) in [6.07, 6.45) is 3.04. The molecule has 0 saturated carbocycles. The molecule has 0 atom stereocenters. The molecule has 0 spiro atoms. The maximum atomic E-state index is 12.8. The van der Waals surface area contributed by atoms with Crippen molar-refractivity contribution < 1.29 is 14.5 Å². The van der Waals surface area contributed by atoms with Gasteiger partial charge in [-0.15, -0.1) is 11.3 Å². The molecular formula is C20H13ClN4O4S2. The van der Waals surface area contributed by atoms with Crippen LogP contribution in [-0.2, 0) is 11.4 Å². The predicted octanol–water partition coefficient (Wildman–Crippen LogP) is 5.34. The second-order valence-electron chi connectivity index (χ2n) is 6.23. The van der Waals surface area contributed by atoms with Gasteiger partial charge in [-0.05, 0) is 30.0 Å². The van der Waals surface area contributed by atoms with Crippen LogP contribution in [-0.4, -0.2) is 21.0 Å². The molecule has 1 fully saturated rings. The van der Waals surface area contributed by atoms with Gasteiger partial charge in [0.25, 0.3) is 11.6 Å². The Morgan fingerprint density at radius 3 is 2.81 bits per heavy atom. The molecule has 1 aliphatic rings. The summed E-state index contributed by atoms with van der Waals surface area (Å²) in [5.41, 5.74) is 0.967. The van der Waals surface area contributed by atoms with E-state index in [0.717, 1.165) is 17.3 Å². The van der Waals surface area contributed by atoms with Crippen LogP contribution in [0.25, 0.3) is 6.08 Å². The average molecular weight is 473 g/mol. The number of non-ortho nitro benzene ring substituents is 1. The summed E-state index contributed by atoms with van der Waals surface area (Å²) in [4.78, 5) is 29.1. The van der Waals surface area contributed by atoms with Gasteiger partial charge in [0.2, 0.25) is 0 Å². The lowest BCUT2D eigenvalue weighted by molar-refractivity contribution is -0.384. The van der Waals surface area contributed by atoms with Crippen molar-refractivity contribution in [2.24, 2.45) is 0 Å². The number of aromatic nitrogens is 1. The fourth-order valence-corrected chi connectivity index (χ4v) is 4.52. The first-order valence-corrected chi connectivity index (χ1v) is 10.9. The Balaban J connectivity index is 1.67. The number of nitro benzene ring substituents is 1. The third-order valence-electron chi connectivity index (χ3n) is 4.27. The number of benzene rings is 2. The summed E-state index contributed by atoms with van der Waals surface area (Å²) in [6.45, 7) is 0.149. The van der Waals surface area contributed by atoms with Crippen LogP contribution in [0.1, 0.15) is 11.1 Å². The standard InChI is InChI=1S/C20H13ClN4O4S2/c21-15-4-2-1-3-12(15)11-29-16-6-5-14(25(27)28)9-13(16)10-17-18(26)24(19(22)31-17)20-23-7-8-30-20/h1-10,22H,11H2. The molecular weight excluding hydrogens is 460 g/mol. The smallest absolute Gasteiger partial charge is 0.273 e. The fraction of sp³-hybridized carbons (Fsp3) is 0.0500. The second-order valence-corrected chi connectivity index (χ2v) is 8.54. The molecule has 1 aromatic heterocycles. The SMILES string of the molecule is N=C1SC(=Cc2cc([N+](=O)[O-])ccc2OCc2ccccc2Cl)C(=O)N1c1nccs1. The number of hydrogen-bond donors (Lipinski definition) is 1. The van der Waals surface area contributed by atoms with Crippen molar-refractivity contribution in [3.8, 4) is 5.75 Å². The van der Waals surface area contributed by atoms with Crippen LogP contribution in [0.2, 0.25) is 5.02 Å². The molecule has 0 unspecified atom stereocenters. The number of nitrogens with one attached hydrogen (secondary N) is 1. The largest absolute Gasteiger partial charge is 0.488 e. The highest BCUT2D eigenvalue weighted by atomic mass is 35.5. The van der Waals surface area contributed by atoms with Gasteiger partial charge in [0.15, 0.2) is 10.3 Å². The molecule has 2 aromatic carbocycles. The first kappa shape index (κ1) is 21.0. The van der Waals surface area contributed by atoms with Crippen molar-refractivity contribution in [1.82, 2.24) is 4.98 Å². The van der Waals surface area contributed by atoms with Gasteiger partial charge in [-0.25, -0.2) is 9.88 Å². The highest BCUT2D eigenvalue weighted by molar-refractivity contribution is 8.19. The zero-order valence-corrected chi connectivity index (χ0v) is 18.0. The number of rotatable bonds is 6. The number of nitro groups is 1. The number of carbonyl (C=O) groups excluding carboxylic acids is 1. The molecule has 4 rings (SSSR count). The number of ether oxygens (including phenoxy) is 1. The summed E-state index contributed by atoms with van der Waals surface area (Å²) >= 11 is 8.37. The minimum Gasteiger partial charge on any atom is -0.488 e. The minimum absolute atomic E-state index is 0.00941. The van der Waals surface area contributed by atoms with Gasteiger partial charge in [-0.2, -0.15) is 0 Å². The zero-order valence-electron chi connectivity index (χ0n) is 15.6. The molecule has 0 aliphatic carbocycles.